The van der Waals surface area contributed by atoms with Gasteiger partial charge in [-0.3, -0.25) is 0 Å². The van der Waals surface area contributed by atoms with Crippen molar-refractivity contribution in [3.8, 4) is 0 Å². The van der Waals surface area contributed by atoms with Crippen LogP contribution in [0.2, 0.25) is 5.02 Å². The molecule has 84 valence electrons. The molecule has 0 aliphatic heterocycles. The van der Waals surface area contributed by atoms with Crippen molar-refractivity contribution in [2.45, 2.75) is 26.2 Å². The molecule has 2 rings (SSSR count). The van der Waals surface area contributed by atoms with E-state index in [1.54, 1.807) is 11.3 Å². The van der Waals surface area contributed by atoms with Crippen LogP contribution in [0.3, 0.4) is 0 Å². The van der Waals surface area contributed by atoms with Crippen molar-refractivity contribution in [1.82, 2.24) is 5.32 Å². The van der Waals surface area contributed by atoms with Gasteiger partial charge in [0.1, 0.15) is 0 Å². The van der Waals surface area contributed by atoms with E-state index in [1.165, 1.54) is 17.8 Å². The summed E-state index contributed by atoms with van der Waals surface area (Å²) in [6, 6.07) is 2.12. The first-order valence-corrected chi connectivity index (χ1v) is 6.87. The van der Waals surface area contributed by atoms with Crippen molar-refractivity contribution in [2.75, 3.05) is 13.1 Å². The van der Waals surface area contributed by atoms with Crippen LogP contribution in [0.1, 0.15) is 31.1 Å². The molecule has 0 saturated heterocycles. The van der Waals surface area contributed by atoms with E-state index in [0.29, 0.717) is 0 Å². The molecular weight excluding hydrogens is 226 g/mol. The first kappa shape index (κ1) is 11.4. The van der Waals surface area contributed by atoms with E-state index in [1.807, 2.05) is 5.38 Å². The van der Waals surface area contributed by atoms with Crippen molar-refractivity contribution in [1.29, 1.82) is 0 Å². The molecule has 1 fully saturated rings. The van der Waals surface area contributed by atoms with Crippen LogP contribution >= 0.6 is 22.9 Å². The summed E-state index contributed by atoms with van der Waals surface area (Å²) in [7, 11) is 0. The van der Waals surface area contributed by atoms with Crippen molar-refractivity contribution < 1.29 is 0 Å². The van der Waals surface area contributed by atoms with Gasteiger partial charge in [0.2, 0.25) is 0 Å². The Morgan fingerprint density at radius 1 is 1.60 bits per heavy atom. The van der Waals surface area contributed by atoms with E-state index in [4.69, 9.17) is 11.6 Å². The van der Waals surface area contributed by atoms with Gasteiger partial charge in [-0.15, -0.1) is 11.3 Å². The van der Waals surface area contributed by atoms with Gasteiger partial charge in [0.25, 0.3) is 0 Å². The predicted octanol–water partition coefficient (Wildman–Crippen LogP) is 3.75. The summed E-state index contributed by atoms with van der Waals surface area (Å²) in [4.78, 5) is 1.47. The van der Waals surface area contributed by atoms with E-state index in [9.17, 15) is 0 Å². The van der Waals surface area contributed by atoms with Crippen LogP contribution in [0.5, 0.6) is 0 Å². The molecule has 1 aliphatic rings. The van der Waals surface area contributed by atoms with Crippen molar-refractivity contribution >= 4 is 22.9 Å². The molecule has 3 heteroatoms. The SMILES string of the molecule is CC(C)CNCC1CC1c1cc(Cl)cs1. The van der Waals surface area contributed by atoms with E-state index < -0.39 is 0 Å². The number of hydrogen-bond donors (Lipinski definition) is 1. The summed E-state index contributed by atoms with van der Waals surface area (Å²) in [5, 5.41) is 6.46. The van der Waals surface area contributed by atoms with Gasteiger partial charge in [-0.2, -0.15) is 0 Å². The van der Waals surface area contributed by atoms with Gasteiger partial charge in [-0.05, 0) is 43.3 Å². The van der Waals surface area contributed by atoms with E-state index >= 15 is 0 Å². The molecule has 0 bridgehead atoms. The zero-order valence-corrected chi connectivity index (χ0v) is 10.9. The fourth-order valence-corrected chi connectivity index (χ4v) is 3.19. The monoisotopic (exact) mass is 243 g/mol. The van der Waals surface area contributed by atoms with E-state index in [2.05, 4.69) is 25.2 Å². The molecule has 1 aromatic rings. The number of thiophene rings is 1. The second kappa shape index (κ2) is 4.86. The Kier molecular flexibility index (Phi) is 3.70. The highest BCUT2D eigenvalue weighted by Crippen LogP contribution is 2.49. The maximum Gasteiger partial charge on any atom is 0.0515 e. The molecular formula is C12H18ClNS. The third-order valence-corrected chi connectivity index (χ3v) is 4.25. The molecule has 0 radical (unpaired) electrons. The maximum atomic E-state index is 5.92. The fraction of sp³-hybridized carbons (Fsp3) is 0.667. The summed E-state index contributed by atoms with van der Waals surface area (Å²) in [5.41, 5.74) is 0. The third-order valence-electron chi connectivity index (χ3n) is 2.83. The maximum absolute atomic E-state index is 5.92. The van der Waals surface area contributed by atoms with E-state index in [-0.39, 0.29) is 0 Å². The van der Waals surface area contributed by atoms with Gasteiger partial charge in [-0.25, -0.2) is 0 Å². The number of rotatable bonds is 5. The lowest BCUT2D eigenvalue weighted by Crippen LogP contribution is -2.22. The third kappa shape index (κ3) is 3.20. The fourth-order valence-electron chi connectivity index (χ4n) is 1.90. The minimum atomic E-state index is 0.749. The van der Waals surface area contributed by atoms with Gasteiger partial charge in [0, 0.05) is 10.3 Å². The summed E-state index contributed by atoms with van der Waals surface area (Å²) in [6.07, 6.45) is 1.34. The average Bonchev–Trinajstić information content (AvgIpc) is 2.80. The highest BCUT2D eigenvalue weighted by atomic mass is 35.5. The van der Waals surface area contributed by atoms with Crippen LogP contribution in [0.15, 0.2) is 11.4 Å². The molecule has 0 amide bonds. The average molecular weight is 244 g/mol. The minimum absolute atomic E-state index is 0.749. The van der Waals surface area contributed by atoms with Gasteiger partial charge in [-0.1, -0.05) is 25.4 Å². The summed E-state index contributed by atoms with van der Waals surface area (Å²) in [6.45, 7) is 6.79. The lowest BCUT2D eigenvalue weighted by atomic mass is 10.2. The van der Waals surface area contributed by atoms with Gasteiger partial charge in [0.15, 0.2) is 0 Å². The Morgan fingerprint density at radius 3 is 3.00 bits per heavy atom. The normalized spacial score (nSPS) is 24.8. The Morgan fingerprint density at radius 2 is 2.40 bits per heavy atom. The zero-order valence-electron chi connectivity index (χ0n) is 9.29. The smallest absolute Gasteiger partial charge is 0.0515 e. The first-order chi connectivity index (χ1) is 7.16. The summed E-state index contributed by atoms with van der Waals surface area (Å²) in [5.74, 6) is 2.37. The molecule has 1 N–H and O–H groups in total. The van der Waals surface area contributed by atoms with Crippen LogP contribution < -0.4 is 5.32 Å². The lowest BCUT2D eigenvalue weighted by molar-refractivity contribution is 0.533. The van der Waals surface area contributed by atoms with Gasteiger partial charge in [0.05, 0.1) is 5.02 Å². The number of hydrogen-bond acceptors (Lipinski definition) is 2. The second-order valence-electron chi connectivity index (χ2n) is 4.82. The molecule has 1 nitrogen and oxygen atoms in total. The molecule has 0 spiro atoms. The van der Waals surface area contributed by atoms with Crippen molar-refractivity contribution in [3.63, 3.8) is 0 Å². The standard InChI is InChI=1S/C12H18ClNS/c1-8(2)5-14-6-9-3-11(9)12-4-10(13)7-15-12/h4,7-9,11,14H,3,5-6H2,1-2H3. The summed E-state index contributed by atoms with van der Waals surface area (Å²) < 4.78 is 0. The molecule has 1 aromatic heterocycles. The molecule has 1 saturated carbocycles. The van der Waals surface area contributed by atoms with Crippen LogP contribution in [-0.2, 0) is 0 Å². The molecule has 0 aromatic carbocycles. The largest absolute Gasteiger partial charge is 0.316 e. The molecule has 2 atom stereocenters. The number of nitrogens with one attached hydrogen (secondary N) is 1. The molecule has 1 aliphatic carbocycles. The summed E-state index contributed by atoms with van der Waals surface area (Å²) >= 11 is 7.72. The lowest BCUT2D eigenvalue weighted by Gasteiger charge is -2.06. The highest BCUT2D eigenvalue weighted by Gasteiger charge is 2.38. The highest BCUT2D eigenvalue weighted by molar-refractivity contribution is 7.10. The Labute approximate surface area is 101 Å². The van der Waals surface area contributed by atoms with E-state index in [0.717, 1.165) is 29.3 Å². The molecule has 15 heavy (non-hydrogen) atoms. The Balaban J connectivity index is 1.72. The van der Waals surface area contributed by atoms with Crippen LogP contribution in [0.25, 0.3) is 0 Å². The number of halogens is 1. The quantitative estimate of drug-likeness (QED) is 0.831. The first-order valence-electron chi connectivity index (χ1n) is 5.61. The second-order valence-corrected chi connectivity index (χ2v) is 6.20. The topological polar surface area (TPSA) is 12.0 Å². The molecule has 1 heterocycles. The molecule has 2 unspecified atom stereocenters. The van der Waals surface area contributed by atoms with Crippen LogP contribution in [-0.4, -0.2) is 13.1 Å². The van der Waals surface area contributed by atoms with Crippen molar-refractivity contribution in [3.05, 3.63) is 21.3 Å². The Bertz CT molecular complexity index is 321. The van der Waals surface area contributed by atoms with Gasteiger partial charge < -0.3 is 5.32 Å². The Hall–Kier alpha value is -0.0500. The van der Waals surface area contributed by atoms with Gasteiger partial charge >= 0.3 is 0 Å². The van der Waals surface area contributed by atoms with Crippen LogP contribution in [0.4, 0.5) is 0 Å². The minimum Gasteiger partial charge on any atom is -0.316 e. The van der Waals surface area contributed by atoms with Crippen LogP contribution in [0, 0.1) is 11.8 Å². The van der Waals surface area contributed by atoms with Crippen molar-refractivity contribution in [2.24, 2.45) is 11.8 Å². The predicted molar refractivity (Wildman–Crippen MR) is 67.9 cm³/mol. The zero-order chi connectivity index (χ0) is 10.8.